The Bertz CT molecular complexity index is 120. The lowest BCUT2D eigenvalue weighted by molar-refractivity contribution is 0.0594. The summed E-state index contributed by atoms with van der Waals surface area (Å²) in [6.45, 7) is 9.52. The fourth-order valence-corrected chi connectivity index (χ4v) is 2.78. The fraction of sp³-hybridized carbons (Fsp3) is 1.00. The summed E-state index contributed by atoms with van der Waals surface area (Å²) in [6.07, 6.45) is 5.74. The van der Waals surface area contributed by atoms with Gasteiger partial charge in [0.25, 0.3) is 0 Å². The van der Waals surface area contributed by atoms with E-state index in [9.17, 15) is 0 Å². The molecular weight excluding hydrogens is 132 g/mol. The Morgan fingerprint density at radius 2 is 2.00 bits per heavy atom. The zero-order chi connectivity index (χ0) is 8.48. The maximum absolute atomic E-state index is 2.46. The normalized spacial score (nSPS) is 39.8. The van der Waals surface area contributed by atoms with Crippen molar-refractivity contribution in [2.24, 2.45) is 17.3 Å². The molecule has 0 bridgehead atoms. The molecule has 1 aliphatic carbocycles. The Morgan fingerprint density at radius 3 is 2.36 bits per heavy atom. The lowest BCUT2D eigenvalue weighted by atomic mass is 9.60. The van der Waals surface area contributed by atoms with Crippen LogP contribution in [-0.4, -0.2) is 0 Å². The average Bonchev–Trinajstić information content (AvgIpc) is 1.84. The van der Waals surface area contributed by atoms with Crippen LogP contribution < -0.4 is 0 Å². The van der Waals surface area contributed by atoms with Gasteiger partial charge in [0.05, 0.1) is 0 Å². The Labute approximate surface area is 71.4 Å². The predicted octanol–water partition coefficient (Wildman–Crippen LogP) is 3.86. The molecule has 66 valence electrons. The number of hydrogen-bond donors (Lipinski definition) is 0. The maximum atomic E-state index is 2.46. The first-order valence-electron chi connectivity index (χ1n) is 5.06. The molecule has 0 aromatic carbocycles. The third-order valence-corrected chi connectivity index (χ3v) is 3.22. The van der Waals surface area contributed by atoms with E-state index in [2.05, 4.69) is 27.7 Å². The van der Waals surface area contributed by atoms with Gasteiger partial charge < -0.3 is 0 Å². The van der Waals surface area contributed by atoms with E-state index in [-0.39, 0.29) is 0 Å². The van der Waals surface area contributed by atoms with Gasteiger partial charge in [0.2, 0.25) is 0 Å². The van der Waals surface area contributed by atoms with E-state index in [1.54, 1.807) is 0 Å². The van der Waals surface area contributed by atoms with Gasteiger partial charge in [-0.3, -0.25) is 0 Å². The summed E-state index contributed by atoms with van der Waals surface area (Å²) in [6, 6.07) is 0. The summed E-state index contributed by atoms with van der Waals surface area (Å²) in [5.41, 5.74) is 0.717. The molecule has 0 heteroatoms. The van der Waals surface area contributed by atoms with Gasteiger partial charge in [0, 0.05) is 0 Å². The summed E-state index contributed by atoms with van der Waals surface area (Å²) >= 11 is 0. The predicted molar refractivity (Wildman–Crippen MR) is 50.6 cm³/mol. The van der Waals surface area contributed by atoms with E-state index in [0.717, 1.165) is 17.3 Å². The molecule has 1 unspecified atom stereocenters. The molecule has 1 atom stereocenters. The van der Waals surface area contributed by atoms with E-state index in [1.807, 2.05) is 0 Å². The summed E-state index contributed by atoms with van der Waals surface area (Å²) in [5.74, 6) is 1.94. The standard InChI is InChI=1S/C11H22/c1-5-9(2)6-11(4)7-10(3)8-11/h9-10H,5-8H2,1-4H3. The van der Waals surface area contributed by atoms with E-state index in [0.29, 0.717) is 0 Å². The Balaban J connectivity index is 2.26. The molecule has 0 spiro atoms. The van der Waals surface area contributed by atoms with Gasteiger partial charge in [0.15, 0.2) is 0 Å². The number of hydrogen-bond acceptors (Lipinski definition) is 0. The van der Waals surface area contributed by atoms with Gasteiger partial charge >= 0.3 is 0 Å². The van der Waals surface area contributed by atoms with Crippen LogP contribution in [0.3, 0.4) is 0 Å². The highest BCUT2D eigenvalue weighted by Gasteiger charge is 2.37. The van der Waals surface area contributed by atoms with E-state index in [1.165, 1.54) is 25.7 Å². The molecule has 0 nitrogen and oxygen atoms in total. The van der Waals surface area contributed by atoms with Gasteiger partial charge in [-0.1, -0.05) is 34.1 Å². The second-order valence-corrected chi connectivity index (χ2v) is 5.04. The SMILES string of the molecule is CCC(C)CC1(C)CC(C)C1. The molecular formula is C11H22. The smallest absolute Gasteiger partial charge is 0.0318 e. The second-order valence-electron chi connectivity index (χ2n) is 5.04. The molecule has 0 N–H and O–H groups in total. The minimum absolute atomic E-state index is 0.717. The van der Waals surface area contributed by atoms with E-state index in [4.69, 9.17) is 0 Å². The van der Waals surface area contributed by atoms with Crippen molar-refractivity contribution < 1.29 is 0 Å². The zero-order valence-corrected chi connectivity index (χ0v) is 8.48. The molecule has 1 rings (SSSR count). The van der Waals surface area contributed by atoms with Crippen LogP contribution in [0.5, 0.6) is 0 Å². The monoisotopic (exact) mass is 154 g/mol. The van der Waals surface area contributed by atoms with Crippen molar-refractivity contribution in [1.82, 2.24) is 0 Å². The van der Waals surface area contributed by atoms with Crippen LogP contribution in [0.1, 0.15) is 53.4 Å². The quantitative estimate of drug-likeness (QED) is 0.579. The number of rotatable bonds is 3. The van der Waals surface area contributed by atoms with Crippen LogP contribution in [0, 0.1) is 17.3 Å². The second kappa shape index (κ2) is 3.16. The summed E-state index contributed by atoms with van der Waals surface area (Å²) < 4.78 is 0. The topological polar surface area (TPSA) is 0 Å². The van der Waals surface area contributed by atoms with Crippen LogP contribution in [0.25, 0.3) is 0 Å². The van der Waals surface area contributed by atoms with Gasteiger partial charge in [0.1, 0.15) is 0 Å². The third-order valence-electron chi connectivity index (χ3n) is 3.22. The van der Waals surface area contributed by atoms with Crippen LogP contribution in [-0.2, 0) is 0 Å². The molecule has 0 amide bonds. The average molecular weight is 154 g/mol. The van der Waals surface area contributed by atoms with Crippen LogP contribution in [0.2, 0.25) is 0 Å². The fourth-order valence-electron chi connectivity index (χ4n) is 2.78. The highest BCUT2D eigenvalue weighted by Crippen LogP contribution is 2.49. The third kappa shape index (κ3) is 2.21. The minimum atomic E-state index is 0.717. The summed E-state index contributed by atoms with van der Waals surface area (Å²) in [5, 5.41) is 0. The largest absolute Gasteiger partial charge is 0.0651 e. The first-order chi connectivity index (χ1) is 5.06. The van der Waals surface area contributed by atoms with E-state index >= 15 is 0 Å². The first kappa shape index (κ1) is 9.09. The van der Waals surface area contributed by atoms with Crippen molar-refractivity contribution in [3.05, 3.63) is 0 Å². The lowest BCUT2D eigenvalue weighted by Crippen LogP contribution is -2.34. The van der Waals surface area contributed by atoms with Crippen molar-refractivity contribution in [2.75, 3.05) is 0 Å². The first-order valence-corrected chi connectivity index (χ1v) is 5.06. The van der Waals surface area contributed by atoms with Crippen molar-refractivity contribution >= 4 is 0 Å². The van der Waals surface area contributed by atoms with Gasteiger partial charge in [-0.15, -0.1) is 0 Å². The molecule has 0 radical (unpaired) electrons. The molecule has 0 aliphatic heterocycles. The van der Waals surface area contributed by atoms with Gasteiger partial charge in [-0.25, -0.2) is 0 Å². The van der Waals surface area contributed by atoms with Gasteiger partial charge in [-0.2, -0.15) is 0 Å². The Hall–Kier alpha value is 0. The van der Waals surface area contributed by atoms with Gasteiger partial charge in [-0.05, 0) is 36.5 Å². The molecule has 1 fully saturated rings. The molecule has 0 aromatic heterocycles. The van der Waals surface area contributed by atoms with Crippen molar-refractivity contribution in [3.63, 3.8) is 0 Å². The summed E-state index contributed by atoms with van der Waals surface area (Å²) in [4.78, 5) is 0. The molecule has 0 saturated heterocycles. The summed E-state index contributed by atoms with van der Waals surface area (Å²) in [7, 11) is 0. The van der Waals surface area contributed by atoms with Crippen LogP contribution in [0.4, 0.5) is 0 Å². The Morgan fingerprint density at radius 1 is 1.45 bits per heavy atom. The Kier molecular flexibility index (Phi) is 2.61. The van der Waals surface area contributed by atoms with Crippen molar-refractivity contribution in [3.8, 4) is 0 Å². The zero-order valence-electron chi connectivity index (χ0n) is 8.48. The lowest BCUT2D eigenvalue weighted by Gasteiger charge is -2.45. The van der Waals surface area contributed by atoms with Crippen molar-refractivity contribution in [2.45, 2.75) is 53.4 Å². The molecule has 0 heterocycles. The molecule has 1 aliphatic rings. The van der Waals surface area contributed by atoms with Crippen molar-refractivity contribution in [1.29, 1.82) is 0 Å². The highest BCUT2D eigenvalue weighted by atomic mass is 14.4. The van der Waals surface area contributed by atoms with E-state index < -0.39 is 0 Å². The minimum Gasteiger partial charge on any atom is -0.0651 e. The molecule has 11 heavy (non-hydrogen) atoms. The molecule has 0 aromatic rings. The van der Waals surface area contributed by atoms with Crippen LogP contribution in [0.15, 0.2) is 0 Å². The van der Waals surface area contributed by atoms with Crippen LogP contribution >= 0.6 is 0 Å². The molecule has 1 saturated carbocycles. The maximum Gasteiger partial charge on any atom is -0.0318 e. The highest BCUT2D eigenvalue weighted by molar-refractivity contribution is 4.88.